The second kappa shape index (κ2) is 33.6. The molecule has 0 N–H and O–H groups in total. The van der Waals surface area contributed by atoms with Crippen LogP contribution in [0.25, 0.3) is 77.1 Å². The topological polar surface area (TPSA) is 437 Å². The van der Waals surface area contributed by atoms with Crippen LogP contribution in [0.5, 0.6) is 0 Å². The van der Waals surface area contributed by atoms with E-state index in [9.17, 15) is 67.1 Å². The van der Waals surface area contributed by atoms with Gasteiger partial charge in [0.2, 0.25) is 0 Å². The maximum Gasteiger partial charge on any atom is 0.332 e. The molecule has 0 radical (unpaired) electrons. The molecule has 14 aromatic rings. The lowest BCUT2D eigenvalue weighted by atomic mass is 10.1. The van der Waals surface area contributed by atoms with Gasteiger partial charge in [-0.05, 0) is 182 Å². The van der Waals surface area contributed by atoms with Crippen molar-refractivity contribution in [3.05, 3.63) is 257 Å². The highest BCUT2D eigenvalue weighted by Crippen LogP contribution is 2.18. The van der Waals surface area contributed by atoms with Crippen molar-refractivity contribution in [2.75, 3.05) is 0 Å². The maximum atomic E-state index is 12.3. The van der Waals surface area contributed by atoms with E-state index in [-0.39, 0.29) is 84.2 Å². The lowest BCUT2D eigenvalue weighted by Gasteiger charge is -2.22. The van der Waals surface area contributed by atoms with E-state index in [1.807, 2.05) is 125 Å². The number of aryl methyl sites for hydroxylation is 7. The molecule has 0 fully saturated rings. The summed E-state index contributed by atoms with van der Waals surface area (Å²) in [7, 11) is 11.4. The van der Waals surface area contributed by atoms with Gasteiger partial charge in [-0.3, -0.25) is 107 Å². The fourth-order valence-electron chi connectivity index (χ4n) is 12.8. The van der Waals surface area contributed by atoms with Crippen LogP contribution in [-0.2, 0) is 88.1 Å². The SMILES string of the molecule is Cn1c(=O)n(C(C)(C)C)c(=O)c2cccnc21.Cn1c(=O)n(C(C)(C)C)c(=O)c2ccncc21.Cn1c(=O)n(C(C)(C)C)c(=O)c2cnccc21.Cn1c(=O)n(C(C)(C)C)c(=O)c2cncnc21.Cn1c(=O)n(C(C)(C)C)c(=O)c2ncccc21.Cn1c(=O)n(C(C)(C)C)c(=O)c2nccnc21.Cn1c(=O)n(C(C)(C)C)c(=O)c2ncncc21. The number of rotatable bonds is 0. The maximum absolute atomic E-state index is 12.3. The molecule has 0 aliphatic rings. The summed E-state index contributed by atoms with van der Waals surface area (Å²) >= 11 is 0. The van der Waals surface area contributed by atoms with Crippen LogP contribution in [-0.4, -0.2) is 114 Å². The third kappa shape index (κ3) is 18.2. The molecule has 0 saturated carbocycles. The molecule has 38 heteroatoms. The molecule has 0 aliphatic carbocycles. The van der Waals surface area contributed by atoms with Crippen LogP contribution in [0.3, 0.4) is 0 Å². The minimum atomic E-state index is -0.586. The van der Waals surface area contributed by atoms with Gasteiger partial charge in [0.05, 0.1) is 50.6 Å². The molecule has 0 saturated heterocycles. The van der Waals surface area contributed by atoms with Gasteiger partial charge in [0.25, 0.3) is 38.9 Å². The largest absolute Gasteiger partial charge is 0.332 e. The molecule has 14 aromatic heterocycles. The lowest BCUT2D eigenvalue weighted by molar-refractivity contribution is 0.361. The van der Waals surface area contributed by atoms with Crippen LogP contribution < -0.4 is 78.7 Å². The molecule has 0 spiro atoms. The average molecular weight is 1640 g/mol. The Morgan fingerprint density at radius 1 is 0.218 bits per heavy atom. The summed E-state index contributed by atoms with van der Waals surface area (Å²) in [4.78, 5) is 210. The Hall–Kier alpha value is -13.6. The van der Waals surface area contributed by atoms with Gasteiger partial charge in [-0.1, -0.05) is 0 Å². The number of pyridine rings is 4. The summed E-state index contributed by atoms with van der Waals surface area (Å²) in [6.45, 7) is 38.2. The third-order valence-corrected chi connectivity index (χ3v) is 18.6. The van der Waals surface area contributed by atoms with Gasteiger partial charge in [0, 0.05) is 138 Å². The summed E-state index contributed by atoms with van der Waals surface area (Å²) in [5.41, 5.74) is -4.56. The monoisotopic (exact) mass is 1630 g/mol. The number of nitrogens with zero attached hydrogens (tertiary/aromatic N) is 24. The zero-order valence-electron chi connectivity index (χ0n) is 72.3. The Labute approximate surface area is 678 Å². The molecule has 119 heavy (non-hydrogen) atoms. The second-order valence-corrected chi connectivity index (χ2v) is 34.8. The average Bonchev–Trinajstić information content (AvgIpc) is 0.804. The van der Waals surface area contributed by atoms with Crippen molar-refractivity contribution in [2.45, 2.75) is 184 Å². The fourth-order valence-corrected chi connectivity index (χ4v) is 12.8. The van der Waals surface area contributed by atoms with E-state index in [1.165, 1.54) is 114 Å². The molecule has 0 amide bonds. The molecule has 0 atom stereocenters. The molecule has 0 unspecified atom stereocenters. The van der Waals surface area contributed by atoms with Crippen molar-refractivity contribution in [1.29, 1.82) is 0 Å². The number of aromatic nitrogens is 24. The summed E-state index contributed by atoms with van der Waals surface area (Å²) < 4.78 is 18.5. The van der Waals surface area contributed by atoms with Gasteiger partial charge >= 0.3 is 39.8 Å². The van der Waals surface area contributed by atoms with Gasteiger partial charge in [-0.25, -0.2) is 73.4 Å². The van der Waals surface area contributed by atoms with Gasteiger partial charge in [0.1, 0.15) is 23.7 Å². The van der Waals surface area contributed by atoms with Crippen molar-refractivity contribution in [3.63, 3.8) is 0 Å². The molecule has 630 valence electrons. The first-order valence-corrected chi connectivity index (χ1v) is 37.4. The molecule has 0 aromatic carbocycles. The van der Waals surface area contributed by atoms with Crippen LogP contribution >= 0.6 is 0 Å². The van der Waals surface area contributed by atoms with Crippen LogP contribution in [0, 0.1) is 0 Å². The first-order valence-electron chi connectivity index (χ1n) is 37.4. The minimum Gasteiger partial charge on any atom is -0.296 e. The Morgan fingerprint density at radius 2 is 0.521 bits per heavy atom. The van der Waals surface area contributed by atoms with Gasteiger partial charge in [-0.15, -0.1) is 0 Å². The first-order chi connectivity index (χ1) is 54.9. The van der Waals surface area contributed by atoms with Gasteiger partial charge in [0.15, 0.2) is 27.8 Å². The summed E-state index contributed by atoms with van der Waals surface area (Å²) in [6.07, 6.45) is 17.7. The van der Waals surface area contributed by atoms with E-state index in [0.29, 0.717) is 66.1 Å². The minimum absolute atomic E-state index is 0.213. The van der Waals surface area contributed by atoms with Crippen LogP contribution in [0.4, 0.5) is 0 Å². The first kappa shape index (κ1) is 91.0. The zero-order chi connectivity index (χ0) is 89.5. The second-order valence-electron chi connectivity index (χ2n) is 34.8. The normalized spacial score (nSPS) is 12.0. The van der Waals surface area contributed by atoms with Crippen LogP contribution in [0.2, 0.25) is 0 Å². The van der Waals surface area contributed by atoms with Crippen molar-refractivity contribution in [1.82, 2.24) is 114 Å². The van der Waals surface area contributed by atoms with E-state index in [0.717, 1.165) is 0 Å². The molecular weight excluding hydrogens is 1530 g/mol. The molecule has 0 aliphatic heterocycles. The fraction of sp³-hybridized carbons (Fsp3) is 0.432. The number of hydrogen-bond acceptors (Lipinski definition) is 24. The zero-order valence-corrected chi connectivity index (χ0v) is 72.3. The summed E-state index contributed by atoms with van der Waals surface area (Å²) in [6, 6.07) is 10.1. The van der Waals surface area contributed by atoms with E-state index in [4.69, 9.17) is 0 Å². The number of fused-ring (bicyclic) bond motifs is 7. The van der Waals surface area contributed by atoms with Crippen molar-refractivity contribution in [2.24, 2.45) is 49.3 Å². The Kier molecular flexibility index (Phi) is 25.7. The van der Waals surface area contributed by atoms with E-state index in [1.54, 1.807) is 131 Å². The smallest absolute Gasteiger partial charge is 0.296 e. The standard InChI is InChI=1S/4C12H15N3O2.3C11H14N4O2/c1-12(2,3)15-10(16)8-7-13-6-5-9(8)14(4)11(15)17;1-12(2,3)15-10(16)8-5-6-13-7-9(8)14(4)11(15)17;1-12(2,3)15-10(16)9-8(6-5-7-13-9)14(4)11(15)17;1-12(2,3)15-10(16)8-6-5-7-13-9(8)14(4)11(15)17;1-11(2,3)15-9(16)8-7(5-12-6-13-8)14(4)10(15)17;1-11(2,3)15-9(16)7-5-12-6-13-8(7)14(4)10(15)17;1-11(2,3)15-9(16)7-8(13-6-5-12-7)14(4)10(15)17/h4*5-7H,1-4H3;3*5-6H,1-4H3. The molecule has 14 heterocycles. The summed E-state index contributed by atoms with van der Waals surface area (Å²) in [5, 5.41) is 1.79. The number of hydrogen-bond donors (Lipinski definition) is 0. The predicted molar refractivity (Wildman–Crippen MR) is 457 cm³/mol. The van der Waals surface area contributed by atoms with Crippen LogP contribution in [0.15, 0.2) is 178 Å². The highest BCUT2D eigenvalue weighted by molar-refractivity contribution is 5.78. The molecular formula is C81H102N24O14. The lowest BCUT2D eigenvalue weighted by Crippen LogP contribution is -2.47. The predicted octanol–water partition coefficient (Wildman–Crippen LogP) is 4.14. The summed E-state index contributed by atoms with van der Waals surface area (Å²) in [5.74, 6) is 0. The Bertz CT molecular complexity index is 6040. The van der Waals surface area contributed by atoms with Crippen molar-refractivity contribution >= 4 is 77.1 Å². The van der Waals surface area contributed by atoms with Crippen molar-refractivity contribution < 1.29 is 0 Å². The molecule has 38 nitrogen and oxygen atoms in total. The molecule has 0 bridgehead atoms. The van der Waals surface area contributed by atoms with E-state index in [2.05, 4.69) is 49.8 Å². The molecule has 14 rings (SSSR count). The Morgan fingerprint density at radius 3 is 1.01 bits per heavy atom. The highest BCUT2D eigenvalue weighted by atomic mass is 16.2. The van der Waals surface area contributed by atoms with Crippen molar-refractivity contribution in [3.8, 4) is 0 Å². The Balaban J connectivity index is 0.000000173. The quantitative estimate of drug-likeness (QED) is 0.206. The highest BCUT2D eigenvalue weighted by Gasteiger charge is 2.29. The third-order valence-electron chi connectivity index (χ3n) is 18.6. The van der Waals surface area contributed by atoms with Crippen LogP contribution in [0.1, 0.15) is 145 Å². The van der Waals surface area contributed by atoms with E-state index < -0.39 is 44.3 Å². The van der Waals surface area contributed by atoms with E-state index >= 15 is 0 Å². The van der Waals surface area contributed by atoms with Gasteiger partial charge < -0.3 is 0 Å². The van der Waals surface area contributed by atoms with Gasteiger partial charge in [-0.2, -0.15) is 0 Å².